The van der Waals surface area contributed by atoms with Crippen LogP contribution in [-0.4, -0.2) is 29.9 Å². The van der Waals surface area contributed by atoms with Gasteiger partial charge in [-0.2, -0.15) is 0 Å². The van der Waals surface area contributed by atoms with E-state index in [1.54, 1.807) is 4.90 Å². The minimum absolute atomic E-state index is 0.137. The van der Waals surface area contributed by atoms with Crippen molar-refractivity contribution in [1.82, 2.24) is 4.90 Å². The molecule has 0 radical (unpaired) electrons. The number of amides is 1. The third-order valence-electron chi connectivity index (χ3n) is 1.99. The SMILES string of the molecule is C#CCN1C(=O)CCC1CN. The molecule has 60 valence electrons. The molecule has 1 saturated heterocycles. The zero-order valence-electron chi connectivity index (χ0n) is 6.42. The Hall–Kier alpha value is -1.01. The zero-order chi connectivity index (χ0) is 8.27. The van der Waals surface area contributed by atoms with Crippen LogP contribution in [0.25, 0.3) is 0 Å². The highest BCUT2D eigenvalue weighted by molar-refractivity contribution is 5.79. The van der Waals surface area contributed by atoms with Gasteiger partial charge in [0.25, 0.3) is 0 Å². The number of nitrogens with two attached hydrogens (primary N) is 1. The minimum atomic E-state index is 0.137. The molecule has 1 fully saturated rings. The van der Waals surface area contributed by atoms with Crippen LogP contribution >= 0.6 is 0 Å². The van der Waals surface area contributed by atoms with E-state index in [9.17, 15) is 4.79 Å². The van der Waals surface area contributed by atoms with E-state index in [1.165, 1.54) is 0 Å². The topological polar surface area (TPSA) is 46.3 Å². The average Bonchev–Trinajstić information content (AvgIpc) is 2.34. The average molecular weight is 152 g/mol. The van der Waals surface area contributed by atoms with Crippen molar-refractivity contribution in [2.75, 3.05) is 13.1 Å². The smallest absolute Gasteiger partial charge is 0.223 e. The molecule has 1 aliphatic rings. The lowest BCUT2D eigenvalue weighted by Crippen LogP contribution is -2.38. The van der Waals surface area contributed by atoms with Crippen molar-refractivity contribution in [2.24, 2.45) is 5.73 Å². The third kappa shape index (κ3) is 1.52. The lowest BCUT2D eigenvalue weighted by Gasteiger charge is -2.20. The molecule has 2 N–H and O–H groups in total. The predicted molar refractivity (Wildman–Crippen MR) is 42.6 cm³/mol. The standard InChI is InChI=1S/C8H12N2O/c1-2-5-10-7(6-9)3-4-8(10)11/h1,7H,3-6,9H2. The number of hydrogen-bond acceptors (Lipinski definition) is 2. The minimum Gasteiger partial charge on any atom is -0.328 e. The van der Waals surface area contributed by atoms with Crippen LogP contribution in [0, 0.1) is 12.3 Å². The number of hydrogen-bond donors (Lipinski definition) is 1. The fourth-order valence-corrected chi connectivity index (χ4v) is 1.35. The van der Waals surface area contributed by atoms with Gasteiger partial charge >= 0.3 is 0 Å². The molecule has 0 spiro atoms. The van der Waals surface area contributed by atoms with Crippen LogP contribution in [0.15, 0.2) is 0 Å². The summed E-state index contributed by atoms with van der Waals surface area (Å²) in [5.74, 6) is 2.59. The molecule has 0 saturated carbocycles. The van der Waals surface area contributed by atoms with Gasteiger partial charge < -0.3 is 10.6 Å². The first-order chi connectivity index (χ1) is 5.29. The summed E-state index contributed by atoms with van der Waals surface area (Å²) in [5, 5.41) is 0. The molecule has 0 bridgehead atoms. The van der Waals surface area contributed by atoms with Crippen LogP contribution in [0.5, 0.6) is 0 Å². The van der Waals surface area contributed by atoms with Crippen molar-refractivity contribution in [2.45, 2.75) is 18.9 Å². The van der Waals surface area contributed by atoms with Gasteiger partial charge in [-0.25, -0.2) is 0 Å². The van der Waals surface area contributed by atoms with E-state index < -0.39 is 0 Å². The van der Waals surface area contributed by atoms with Gasteiger partial charge in [-0.15, -0.1) is 6.42 Å². The molecule has 1 atom stereocenters. The van der Waals surface area contributed by atoms with E-state index in [1.807, 2.05) is 0 Å². The highest BCUT2D eigenvalue weighted by atomic mass is 16.2. The lowest BCUT2D eigenvalue weighted by molar-refractivity contribution is -0.128. The van der Waals surface area contributed by atoms with Crippen LogP contribution in [0.1, 0.15) is 12.8 Å². The molecule has 0 aromatic rings. The Morgan fingerprint density at radius 2 is 2.55 bits per heavy atom. The van der Waals surface area contributed by atoms with E-state index in [-0.39, 0.29) is 11.9 Å². The Balaban J connectivity index is 2.57. The Labute approximate surface area is 66.5 Å². The van der Waals surface area contributed by atoms with Crippen molar-refractivity contribution < 1.29 is 4.79 Å². The maximum absolute atomic E-state index is 11.1. The van der Waals surface area contributed by atoms with Gasteiger partial charge in [0.15, 0.2) is 0 Å². The van der Waals surface area contributed by atoms with Crippen LogP contribution in [0.2, 0.25) is 0 Å². The fourth-order valence-electron chi connectivity index (χ4n) is 1.35. The molecular weight excluding hydrogens is 140 g/mol. The van der Waals surface area contributed by atoms with Gasteiger partial charge in [0.2, 0.25) is 5.91 Å². The summed E-state index contributed by atoms with van der Waals surface area (Å²) < 4.78 is 0. The maximum atomic E-state index is 11.1. The molecular formula is C8H12N2O. The number of likely N-dealkylation sites (tertiary alicyclic amines) is 1. The van der Waals surface area contributed by atoms with Crippen molar-refractivity contribution >= 4 is 5.91 Å². The molecule has 3 heteroatoms. The molecule has 1 unspecified atom stereocenters. The van der Waals surface area contributed by atoms with Gasteiger partial charge in [-0.05, 0) is 6.42 Å². The van der Waals surface area contributed by atoms with Crippen molar-refractivity contribution in [1.29, 1.82) is 0 Å². The van der Waals surface area contributed by atoms with Gasteiger partial charge in [-0.1, -0.05) is 5.92 Å². The van der Waals surface area contributed by atoms with Gasteiger partial charge in [-0.3, -0.25) is 4.79 Å². The van der Waals surface area contributed by atoms with Crippen molar-refractivity contribution in [3.8, 4) is 12.3 Å². The number of carbonyl (C=O) groups excluding carboxylic acids is 1. The quantitative estimate of drug-likeness (QED) is 0.546. The molecule has 11 heavy (non-hydrogen) atoms. The second kappa shape index (κ2) is 3.40. The van der Waals surface area contributed by atoms with E-state index in [0.717, 1.165) is 6.42 Å². The first kappa shape index (κ1) is 8.09. The first-order valence-electron chi connectivity index (χ1n) is 3.72. The second-order valence-electron chi connectivity index (χ2n) is 2.65. The number of carbonyl (C=O) groups is 1. The Morgan fingerprint density at radius 3 is 3.09 bits per heavy atom. The normalized spacial score (nSPS) is 23.8. The third-order valence-corrected chi connectivity index (χ3v) is 1.99. The summed E-state index contributed by atoms with van der Waals surface area (Å²) in [6.45, 7) is 0.925. The highest BCUT2D eigenvalue weighted by Gasteiger charge is 2.28. The second-order valence-corrected chi connectivity index (χ2v) is 2.65. The van der Waals surface area contributed by atoms with Crippen LogP contribution in [0.3, 0.4) is 0 Å². The fraction of sp³-hybridized carbons (Fsp3) is 0.625. The molecule has 1 aliphatic heterocycles. The number of terminal acetylenes is 1. The van der Waals surface area contributed by atoms with Gasteiger partial charge in [0.05, 0.1) is 6.54 Å². The van der Waals surface area contributed by atoms with Crippen molar-refractivity contribution in [3.63, 3.8) is 0 Å². The maximum Gasteiger partial charge on any atom is 0.223 e. The lowest BCUT2D eigenvalue weighted by atomic mass is 10.2. The van der Waals surface area contributed by atoms with E-state index >= 15 is 0 Å². The summed E-state index contributed by atoms with van der Waals surface area (Å²) in [4.78, 5) is 12.8. The Kier molecular flexibility index (Phi) is 2.50. The number of nitrogens with zero attached hydrogens (tertiary/aromatic N) is 1. The van der Waals surface area contributed by atoms with Crippen LogP contribution in [-0.2, 0) is 4.79 Å². The van der Waals surface area contributed by atoms with Gasteiger partial charge in [0.1, 0.15) is 0 Å². The van der Waals surface area contributed by atoms with Gasteiger partial charge in [0, 0.05) is 19.0 Å². The summed E-state index contributed by atoms with van der Waals surface area (Å²) in [5.41, 5.74) is 5.45. The largest absolute Gasteiger partial charge is 0.328 e. The summed E-state index contributed by atoms with van der Waals surface area (Å²) in [7, 11) is 0. The van der Waals surface area contributed by atoms with Crippen molar-refractivity contribution in [3.05, 3.63) is 0 Å². The molecule has 3 nitrogen and oxygen atoms in total. The van der Waals surface area contributed by atoms with E-state index in [2.05, 4.69) is 5.92 Å². The molecule has 1 heterocycles. The molecule has 0 aliphatic carbocycles. The Bertz CT molecular complexity index is 195. The summed E-state index contributed by atoms with van der Waals surface area (Å²) >= 11 is 0. The number of rotatable bonds is 2. The van der Waals surface area contributed by atoms with Crippen LogP contribution in [0.4, 0.5) is 0 Å². The predicted octanol–water partition coefficient (Wildman–Crippen LogP) is -0.431. The monoisotopic (exact) mass is 152 g/mol. The molecule has 1 rings (SSSR count). The van der Waals surface area contributed by atoms with Crippen LogP contribution < -0.4 is 5.73 Å². The molecule has 1 amide bonds. The summed E-state index contributed by atoms with van der Waals surface area (Å²) in [6, 6.07) is 0.179. The van der Waals surface area contributed by atoms with E-state index in [0.29, 0.717) is 19.5 Å². The highest BCUT2D eigenvalue weighted by Crippen LogP contribution is 2.16. The summed E-state index contributed by atoms with van der Waals surface area (Å²) in [6.07, 6.45) is 6.56. The zero-order valence-corrected chi connectivity index (χ0v) is 6.42. The molecule has 0 aromatic heterocycles. The molecule has 0 aromatic carbocycles. The van der Waals surface area contributed by atoms with E-state index in [4.69, 9.17) is 12.2 Å². The Morgan fingerprint density at radius 1 is 1.82 bits per heavy atom. The first-order valence-corrected chi connectivity index (χ1v) is 3.72.